The molecule has 0 heterocycles. The molecule has 0 aromatic heterocycles. The summed E-state index contributed by atoms with van der Waals surface area (Å²) in [6.45, 7) is 12.8. The van der Waals surface area contributed by atoms with Crippen molar-refractivity contribution in [2.75, 3.05) is 19.7 Å². The second-order valence-corrected chi connectivity index (χ2v) is 6.91. The van der Waals surface area contributed by atoms with Crippen LogP contribution in [-0.2, 0) is 9.53 Å². The first-order chi connectivity index (χ1) is 9.93. The van der Waals surface area contributed by atoms with Crippen LogP contribution in [0.3, 0.4) is 0 Å². The van der Waals surface area contributed by atoms with Crippen molar-refractivity contribution in [3.63, 3.8) is 0 Å². The lowest BCUT2D eigenvalue weighted by atomic mass is 10.1. The van der Waals surface area contributed by atoms with Gasteiger partial charge in [0.2, 0.25) is 0 Å². The van der Waals surface area contributed by atoms with Crippen LogP contribution >= 0.6 is 0 Å². The molecular formula is C17H34N2O2. The first-order valence-electron chi connectivity index (χ1n) is 8.60. The number of hydrogen-bond acceptors (Lipinski definition) is 4. The van der Waals surface area contributed by atoms with Gasteiger partial charge in [0.05, 0.1) is 6.61 Å². The number of nitrogens with one attached hydrogen (secondary N) is 1. The van der Waals surface area contributed by atoms with E-state index < -0.39 is 0 Å². The van der Waals surface area contributed by atoms with Crippen LogP contribution < -0.4 is 5.32 Å². The van der Waals surface area contributed by atoms with Crippen LogP contribution in [0.1, 0.15) is 60.3 Å². The van der Waals surface area contributed by atoms with E-state index in [0.29, 0.717) is 18.6 Å². The van der Waals surface area contributed by atoms with E-state index in [2.05, 4.69) is 37.9 Å². The minimum absolute atomic E-state index is 0.113. The molecule has 0 aromatic carbocycles. The third kappa shape index (κ3) is 6.79. The summed E-state index contributed by atoms with van der Waals surface area (Å²) in [4.78, 5) is 14.7. The van der Waals surface area contributed by atoms with Gasteiger partial charge in [0.1, 0.15) is 6.04 Å². The summed E-state index contributed by atoms with van der Waals surface area (Å²) in [6.07, 6.45) is 5.18. The quantitative estimate of drug-likeness (QED) is 0.665. The van der Waals surface area contributed by atoms with Gasteiger partial charge in [-0.2, -0.15) is 0 Å². The van der Waals surface area contributed by atoms with Crippen molar-refractivity contribution in [1.82, 2.24) is 10.2 Å². The summed E-state index contributed by atoms with van der Waals surface area (Å²) >= 11 is 0. The molecule has 1 atom stereocenters. The molecule has 124 valence electrons. The largest absolute Gasteiger partial charge is 0.465 e. The Labute approximate surface area is 130 Å². The standard InChI is InChI=1S/C17H34N2O2/c1-6-21-17(20)16(18-14(4)5)12-19(11-13(2)3)15-9-7-8-10-15/h13-16,18H,6-12H2,1-5H3. The summed E-state index contributed by atoms with van der Waals surface area (Å²) in [5.41, 5.74) is 0. The number of carbonyl (C=O) groups is 1. The fourth-order valence-electron chi connectivity index (χ4n) is 3.19. The molecule has 1 aliphatic rings. The first kappa shape index (κ1) is 18.4. The van der Waals surface area contributed by atoms with Gasteiger partial charge in [-0.15, -0.1) is 0 Å². The van der Waals surface area contributed by atoms with Crippen LogP contribution in [-0.4, -0.2) is 48.7 Å². The molecule has 1 saturated carbocycles. The Balaban J connectivity index is 2.70. The van der Waals surface area contributed by atoms with E-state index in [1.165, 1.54) is 25.7 Å². The summed E-state index contributed by atoms with van der Waals surface area (Å²) in [6, 6.07) is 0.700. The van der Waals surface area contributed by atoms with Crippen LogP contribution in [0.15, 0.2) is 0 Å². The number of nitrogens with zero attached hydrogens (tertiary/aromatic N) is 1. The molecule has 0 amide bonds. The lowest BCUT2D eigenvalue weighted by molar-refractivity contribution is -0.146. The highest BCUT2D eigenvalue weighted by molar-refractivity contribution is 5.76. The van der Waals surface area contributed by atoms with E-state index in [9.17, 15) is 4.79 Å². The van der Waals surface area contributed by atoms with Crippen LogP contribution in [0.5, 0.6) is 0 Å². The molecule has 0 aliphatic heterocycles. The zero-order valence-corrected chi connectivity index (χ0v) is 14.5. The second-order valence-electron chi connectivity index (χ2n) is 6.91. The summed E-state index contributed by atoms with van der Waals surface area (Å²) in [7, 11) is 0. The fraction of sp³-hybridized carbons (Fsp3) is 0.941. The van der Waals surface area contributed by atoms with Crippen molar-refractivity contribution in [3.8, 4) is 0 Å². The number of carbonyl (C=O) groups excluding carboxylic acids is 1. The van der Waals surface area contributed by atoms with Gasteiger partial charge in [0.15, 0.2) is 0 Å². The molecule has 0 saturated heterocycles. The van der Waals surface area contributed by atoms with Crippen molar-refractivity contribution in [2.24, 2.45) is 5.92 Å². The van der Waals surface area contributed by atoms with E-state index in [4.69, 9.17) is 4.74 Å². The molecule has 1 N–H and O–H groups in total. The Kier molecular flexibility index (Phi) is 8.27. The van der Waals surface area contributed by atoms with Gasteiger partial charge in [-0.05, 0) is 25.7 Å². The number of hydrogen-bond donors (Lipinski definition) is 1. The molecule has 1 fully saturated rings. The van der Waals surface area contributed by atoms with E-state index >= 15 is 0 Å². The van der Waals surface area contributed by atoms with E-state index in [0.717, 1.165) is 13.1 Å². The zero-order valence-electron chi connectivity index (χ0n) is 14.5. The highest BCUT2D eigenvalue weighted by atomic mass is 16.5. The Morgan fingerprint density at radius 3 is 2.29 bits per heavy atom. The maximum atomic E-state index is 12.2. The molecule has 0 bridgehead atoms. The minimum atomic E-state index is -0.218. The Morgan fingerprint density at radius 1 is 1.19 bits per heavy atom. The van der Waals surface area contributed by atoms with Crippen molar-refractivity contribution in [1.29, 1.82) is 0 Å². The van der Waals surface area contributed by atoms with Gasteiger partial charge in [0, 0.05) is 25.2 Å². The number of rotatable bonds is 9. The van der Waals surface area contributed by atoms with Crippen LogP contribution in [0.2, 0.25) is 0 Å². The molecule has 21 heavy (non-hydrogen) atoms. The monoisotopic (exact) mass is 298 g/mol. The average Bonchev–Trinajstić information content (AvgIpc) is 2.90. The van der Waals surface area contributed by atoms with Crippen molar-refractivity contribution in [3.05, 3.63) is 0 Å². The molecule has 0 radical (unpaired) electrons. The van der Waals surface area contributed by atoms with E-state index in [1.807, 2.05) is 6.92 Å². The zero-order chi connectivity index (χ0) is 15.8. The highest BCUT2D eigenvalue weighted by Crippen LogP contribution is 2.24. The summed E-state index contributed by atoms with van der Waals surface area (Å²) < 4.78 is 5.25. The van der Waals surface area contributed by atoms with E-state index in [-0.39, 0.29) is 18.1 Å². The van der Waals surface area contributed by atoms with Crippen molar-refractivity contribution < 1.29 is 9.53 Å². The van der Waals surface area contributed by atoms with Crippen molar-refractivity contribution >= 4 is 5.97 Å². The van der Waals surface area contributed by atoms with Crippen LogP contribution in [0, 0.1) is 5.92 Å². The molecule has 4 heteroatoms. The Morgan fingerprint density at radius 2 is 1.81 bits per heavy atom. The summed E-state index contributed by atoms with van der Waals surface area (Å²) in [5, 5.41) is 3.38. The number of ether oxygens (including phenoxy) is 1. The topological polar surface area (TPSA) is 41.6 Å². The lowest BCUT2D eigenvalue weighted by Gasteiger charge is -2.33. The maximum absolute atomic E-state index is 12.2. The van der Waals surface area contributed by atoms with Gasteiger partial charge < -0.3 is 10.1 Å². The SMILES string of the molecule is CCOC(=O)C(CN(CC(C)C)C1CCCC1)NC(C)C. The predicted molar refractivity (Wildman–Crippen MR) is 87.4 cm³/mol. The van der Waals surface area contributed by atoms with E-state index in [1.54, 1.807) is 0 Å². The van der Waals surface area contributed by atoms with Crippen LogP contribution in [0.4, 0.5) is 0 Å². The number of esters is 1. The fourth-order valence-corrected chi connectivity index (χ4v) is 3.19. The van der Waals surface area contributed by atoms with Gasteiger partial charge >= 0.3 is 5.97 Å². The molecular weight excluding hydrogens is 264 g/mol. The molecule has 0 spiro atoms. The minimum Gasteiger partial charge on any atom is -0.465 e. The van der Waals surface area contributed by atoms with Gasteiger partial charge in [-0.1, -0.05) is 40.5 Å². The summed E-state index contributed by atoms with van der Waals surface area (Å²) in [5.74, 6) is 0.505. The first-order valence-corrected chi connectivity index (χ1v) is 8.60. The molecule has 1 unspecified atom stereocenters. The van der Waals surface area contributed by atoms with Gasteiger partial charge in [-0.3, -0.25) is 9.69 Å². The van der Waals surface area contributed by atoms with Gasteiger partial charge in [0.25, 0.3) is 0 Å². The normalized spacial score (nSPS) is 17.9. The highest BCUT2D eigenvalue weighted by Gasteiger charge is 2.29. The molecule has 1 rings (SSSR count). The predicted octanol–water partition coefficient (Wildman–Crippen LogP) is 2.82. The smallest absolute Gasteiger partial charge is 0.324 e. The third-order valence-corrected chi connectivity index (χ3v) is 3.96. The molecule has 1 aliphatic carbocycles. The maximum Gasteiger partial charge on any atom is 0.324 e. The second kappa shape index (κ2) is 9.42. The lowest BCUT2D eigenvalue weighted by Crippen LogP contribution is -2.52. The average molecular weight is 298 g/mol. The van der Waals surface area contributed by atoms with Crippen LogP contribution in [0.25, 0.3) is 0 Å². The molecule has 0 aromatic rings. The Hall–Kier alpha value is -0.610. The van der Waals surface area contributed by atoms with Crippen molar-refractivity contribution in [2.45, 2.75) is 78.4 Å². The third-order valence-electron chi connectivity index (χ3n) is 3.96. The van der Waals surface area contributed by atoms with Gasteiger partial charge in [-0.25, -0.2) is 0 Å². The molecule has 4 nitrogen and oxygen atoms in total. The Bertz CT molecular complexity index is 299.